The number of thiocarbonyl (C=S) groups is 1. The van der Waals surface area contributed by atoms with Crippen LogP contribution in [0.2, 0.25) is 0 Å². The van der Waals surface area contributed by atoms with E-state index in [1.54, 1.807) is 41.5 Å². The van der Waals surface area contributed by atoms with Gasteiger partial charge in [0.1, 0.15) is 17.2 Å². The molecule has 0 bridgehead atoms. The molecule has 0 aliphatic rings. The SMILES string of the molecule is CC(C)(C)OC(=O)N[C@@H](CC(N)=S)C(=O)OC(C)(C)C. The Morgan fingerprint density at radius 1 is 1.10 bits per heavy atom. The van der Waals surface area contributed by atoms with Gasteiger partial charge in [-0.2, -0.15) is 0 Å². The van der Waals surface area contributed by atoms with Gasteiger partial charge in [0.2, 0.25) is 0 Å². The zero-order valence-electron chi connectivity index (χ0n) is 12.9. The maximum absolute atomic E-state index is 12.0. The molecule has 3 N–H and O–H groups in total. The molecule has 0 spiro atoms. The number of nitrogens with two attached hydrogens (primary N) is 1. The standard InChI is InChI=1S/C13H24N2O4S/c1-12(2,3)18-10(16)8(7-9(14)20)15-11(17)19-13(4,5)6/h8H,7H2,1-6H3,(H2,14,20)(H,15,17)/t8-/m0/s1. The summed E-state index contributed by atoms with van der Waals surface area (Å²) < 4.78 is 10.3. The first-order valence-electron chi connectivity index (χ1n) is 6.31. The second-order valence-corrected chi connectivity index (χ2v) is 6.93. The monoisotopic (exact) mass is 304 g/mol. The molecule has 0 aliphatic heterocycles. The normalized spacial score (nSPS) is 13.3. The van der Waals surface area contributed by atoms with E-state index >= 15 is 0 Å². The fourth-order valence-corrected chi connectivity index (χ4v) is 1.38. The number of hydrogen-bond acceptors (Lipinski definition) is 5. The van der Waals surface area contributed by atoms with Crippen LogP contribution in [0.5, 0.6) is 0 Å². The molecule has 0 aromatic rings. The molecule has 0 heterocycles. The van der Waals surface area contributed by atoms with Crippen molar-refractivity contribution in [1.29, 1.82) is 0 Å². The average molecular weight is 304 g/mol. The number of nitrogens with one attached hydrogen (secondary N) is 1. The molecule has 20 heavy (non-hydrogen) atoms. The molecule has 0 saturated carbocycles. The number of ether oxygens (including phenoxy) is 2. The van der Waals surface area contributed by atoms with Crippen LogP contribution in [-0.4, -0.2) is 34.3 Å². The molecule has 0 aromatic heterocycles. The highest BCUT2D eigenvalue weighted by Crippen LogP contribution is 2.11. The van der Waals surface area contributed by atoms with Gasteiger partial charge in [0.05, 0.1) is 4.99 Å². The smallest absolute Gasteiger partial charge is 0.408 e. The summed E-state index contributed by atoms with van der Waals surface area (Å²) in [7, 11) is 0. The van der Waals surface area contributed by atoms with Crippen LogP contribution in [0.3, 0.4) is 0 Å². The molecule has 0 unspecified atom stereocenters. The van der Waals surface area contributed by atoms with Crippen LogP contribution >= 0.6 is 12.2 Å². The highest BCUT2D eigenvalue weighted by molar-refractivity contribution is 7.80. The van der Waals surface area contributed by atoms with Gasteiger partial charge in [-0.25, -0.2) is 9.59 Å². The first kappa shape index (κ1) is 18.6. The molecule has 0 fully saturated rings. The van der Waals surface area contributed by atoms with Crippen molar-refractivity contribution in [3.63, 3.8) is 0 Å². The summed E-state index contributed by atoms with van der Waals surface area (Å²) in [6.07, 6.45) is -0.701. The number of hydrogen-bond donors (Lipinski definition) is 2. The lowest BCUT2D eigenvalue weighted by atomic mass is 10.1. The Balaban J connectivity index is 4.77. The van der Waals surface area contributed by atoms with Crippen molar-refractivity contribution in [2.24, 2.45) is 5.73 Å². The Morgan fingerprint density at radius 2 is 1.55 bits per heavy atom. The quantitative estimate of drug-likeness (QED) is 0.609. The molecular formula is C13H24N2O4S. The van der Waals surface area contributed by atoms with Crippen molar-refractivity contribution >= 4 is 29.3 Å². The summed E-state index contributed by atoms with van der Waals surface area (Å²) in [5.74, 6) is -0.601. The minimum absolute atomic E-state index is 0.0174. The molecular weight excluding hydrogens is 280 g/mol. The Morgan fingerprint density at radius 3 is 1.90 bits per heavy atom. The van der Waals surface area contributed by atoms with Crippen LogP contribution in [0.1, 0.15) is 48.0 Å². The maximum atomic E-state index is 12.0. The van der Waals surface area contributed by atoms with Gasteiger partial charge < -0.3 is 20.5 Å². The van der Waals surface area contributed by atoms with Crippen LogP contribution < -0.4 is 11.1 Å². The molecule has 6 nitrogen and oxygen atoms in total. The van der Waals surface area contributed by atoms with Crippen LogP contribution in [-0.2, 0) is 14.3 Å². The first-order chi connectivity index (χ1) is 8.80. The predicted octanol–water partition coefficient (Wildman–Crippen LogP) is 1.90. The van der Waals surface area contributed by atoms with Gasteiger partial charge in [0.15, 0.2) is 0 Å². The fraction of sp³-hybridized carbons (Fsp3) is 0.769. The van der Waals surface area contributed by atoms with Crippen molar-refractivity contribution in [2.45, 2.75) is 65.2 Å². The van der Waals surface area contributed by atoms with Crippen LogP contribution in [0.15, 0.2) is 0 Å². The van der Waals surface area contributed by atoms with E-state index in [0.29, 0.717) is 0 Å². The topological polar surface area (TPSA) is 90.6 Å². The highest BCUT2D eigenvalue weighted by Gasteiger charge is 2.29. The van der Waals surface area contributed by atoms with E-state index in [-0.39, 0.29) is 11.4 Å². The number of carbonyl (C=O) groups excluding carboxylic acids is 2. The molecule has 116 valence electrons. The number of alkyl carbamates (subject to hydrolysis) is 1. The van der Waals surface area contributed by atoms with Crippen molar-refractivity contribution in [3.05, 3.63) is 0 Å². The van der Waals surface area contributed by atoms with Crippen molar-refractivity contribution in [3.8, 4) is 0 Å². The Labute approximate surface area is 125 Å². The largest absolute Gasteiger partial charge is 0.458 e. The van der Waals surface area contributed by atoms with E-state index < -0.39 is 29.3 Å². The van der Waals surface area contributed by atoms with Gasteiger partial charge in [0, 0.05) is 6.42 Å². The Bertz CT molecular complexity index is 383. The van der Waals surface area contributed by atoms with Gasteiger partial charge in [0.25, 0.3) is 0 Å². The average Bonchev–Trinajstić information content (AvgIpc) is 2.09. The second kappa shape index (κ2) is 6.88. The van der Waals surface area contributed by atoms with Gasteiger partial charge >= 0.3 is 12.1 Å². The molecule has 1 amide bonds. The summed E-state index contributed by atoms with van der Waals surface area (Å²) >= 11 is 4.77. The molecule has 1 atom stereocenters. The lowest BCUT2D eigenvalue weighted by Gasteiger charge is -2.26. The number of esters is 1. The molecule has 7 heteroatoms. The van der Waals surface area contributed by atoms with Crippen molar-refractivity contribution < 1.29 is 19.1 Å². The van der Waals surface area contributed by atoms with Gasteiger partial charge in [-0.3, -0.25) is 0 Å². The second-order valence-electron chi connectivity index (χ2n) is 6.40. The third-order valence-electron chi connectivity index (χ3n) is 1.79. The van der Waals surface area contributed by atoms with Crippen molar-refractivity contribution in [2.75, 3.05) is 0 Å². The summed E-state index contributed by atoms with van der Waals surface area (Å²) in [5, 5.41) is 2.42. The molecule has 0 aromatic carbocycles. The van der Waals surface area contributed by atoms with Gasteiger partial charge in [-0.15, -0.1) is 0 Å². The van der Waals surface area contributed by atoms with E-state index in [1.165, 1.54) is 0 Å². The lowest BCUT2D eigenvalue weighted by Crippen LogP contribution is -2.47. The minimum Gasteiger partial charge on any atom is -0.458 e. The molecule has 0 radical (unpaired) electrons. The van der Waals surface area contributed by atoms with Gasteiger partial charge in [-0.1, -0.05) is 12.2 Å². The number of rotatable bonds is 4. The highest BCUT2D eigenvalue weighted by atomic mass is 32.1. The van der Waals surface area contributed by atoms with Crippen molar-refractivity contribution in [1.82, 2.24) is 5.32 Å². The van der Waals surface area contributed by atoms with Crippen LogP contribution in [0, 0.1) is 0 Å². The number of carbonyl (C=O) groups is 2. The fourth-order valence-electron chi connectivity index (χ4n) is 1.22. The Hall–Kier alpha value is -1.37. The van der Waals surface area contributed by atoms with E-state index in [1.807, 2.05) is 0 Å². The van der Waals surface area contributed by atoms with E-state index in [0.717, 1.165) is 0 Å². The molecule has 0 saturated heterocycles. The van der Waals surface area contributed by atoms with Crippen LogP contribution in [0.25, 0.3) is 0 Å². The summed E-state index contributed by atoms with van der Waals surface area (Å²) in [6, 6.07) is -0.957. The summed E-state index contributed by atoms with van der Waals surface area (Å²) in [4.78, 5) is 23.8. The van der Waals surface area contributed by atoms with E-state index in [2.05, 4.69) is 5.32 Å². The predicted molar refractivity (Wildman–Crippen MR) is 80.4 cm³/mol. The lowest BCUT2D eigenvalue weighted by molar-refractivity contribution is -0.157. The molecule has 0 aliphatic carbocycles. The van der Waals surface area contributed by atoms with E-state index in [4.69, 9.17) is 27.4 Å². The van der Waals surface area contributed by atoms with E-state index in [9.17, 15) is 9.59 Å². The summed E-state index contributed by atoms with van der Waals surface area (Å²) in [5.41, 5.74) is 4.10. The third kappa shape index (κ3) is 9.55. The number of amides is 1. The van der Waals surface area contributed by atoms with Crippen LogP contribution in [0.4, 0.5) is 4.79 Å². The third-order valence-corrected chi connectivity index (χ3v) is 1.95. The van der Waals surface area contributed by atoms with Gasteiger partial charge in [-0.05, 0) is 41.5 Å². The molecule has 0 rings (SSSR count). The zero-order chi connectivity index (χ0) is 16.1. The first-order valence-corrected chi connectivity index (χ1v) is 6.71. The minimum atomic E-state index is -0.957. The maximum Gasteiger partial charge on any atom is 0.408 e. The Kier molecular flexibility index (Phi) is 6.40. The zero-order valence-corrected chi connectivity index (χ0v) is 13.7. The summed E-state index contributed by atoms with van der Waals surface area (Å²) in [6.45, 7) is 10.4.